The minimum atomic E-state index is -0.407. The van der Waals surface area contributed by atoms with Crippen LogP contribution in [0.25, 0.3) is 0 Å². The maximum Gasteiger partial charge on any atom is 0.321 e. The molecule has 1 unspecified atom stereocenters. The topological polar surface area (TPSA) is 41.6 Å². The van der Waals surface area contributed by atoms with Crippen molar-refractivity contribution in [1.29, 1.82) is 0 Å². The number of amides is 2. The van der Waals surface area contributed by atoms with Crippen LogP contribution in [0.4, 0.5) is 14.9 Å². The van der Waals surface area contributed by atoms with Gasteiger partial charge in [-0.15, -0.1) is 11.8 Å². The van der Waals surface area contributed by atoms with Gasteiger partial charge in [0.15, 0.2) is 11.6 Å². The fraction of sp³-hybridized carbons (Fsp3) is 0.381. The molecule has 0 aliphatic carbocycles. The van der Waals surface area contributed by atoms with E-state index in [0.717, 1.165) is 17.7 Å². The van der Waals surface area contributed by atoms with Gasteiger partial charge in [0, 0.05) is 22.9 Å². The molecule has 0 radical (unpaired) electrons. The Morgan fingerprint density at radius 3 is 2.70 bits per heavy atom. The molecule has 6 heteroatoms. The number of likely N-dealkylation sites (N-methyl/N-ethyl adjacent to an activating group) is 1. The lowest BCUT2D eigenvalue weighted by Crippen LogP contribution is -2.34. The summed E-state index contributed by atoms with van der Waals surface area (Å²) in [4.78, 5) is 15.1. The smallest absolute Gasteiger partial charge is 0.321 e. The lowest BCUT2D eigenvalue weighted by molar-refractivity contribution is 0.206. The summed E-state index contributed by atoms with van der Waals surface area (Å²) < 4.78 is 18.9. The predicted octanol–water partition coefficient (Wildman–Crippen LogP) is 5.57. The molecule has 2 aromatic carbocycles. The highest BCUT2D eigenvalue weighted by molar-refractivity contribution is 7.99. The maximum atomic E-state index is 13.5. The Hall–Kier alpha value is -2.21. The molecule has 4 nitrogen and oxygen atoms in total. The number of hydrogen-bond donors (Lipinski definition) is 1. The van der Waals surface area contributed by atoms with Crippen LogP contribution >= 0.6 is 11.8 Å². The zero-order valence-corrected chi connectivity index (χ0v) is 17.1. The van der Waals surface area contributed by atoms with Crippen LogP contribution in [0.2, 0.25) is 0 Å². The lowest BCUT2D eigenvalue weighted by atomic mass is 10.2. The van der Waals surface area contributed by atoms with E-state index in [1.54, 1.807) is 25.2 Å². The molecular weight excluding hydrogens is 363 g/mol. The second-order valence-electron chi connectivity index (χ2n) is 6.44. The number of nitrogens with zero attached hydrogens (tertiary/aromatic N) is 1. The van der Waals surface area contributed by atoms with Crippen LogP contribution < -0.4 is 10.1 Å². The first-order valence-corrected chi connectivity index (χ1v) is 9.95. The zero-order valence-electron chi connectivity index (χ0n) is 16.3. The Balaban J connectivity index is 1.85. The first-order chi connectivity index (χ1) is 12.9. The summed E-state index contributed by atoms with van der Waals surface area (Å²) in [6.07, 6.45) is 1.11. The van der Waals surface area contributed by atoms with E-state index in [-0.39, 0.29) is 18.4 Å². The van der Waals surface area contributed by atoms with E-state index in [4.69, 9.17) is 4.74 Å². The van der Waals surface area contributed by atoms with Gasteiger partial charge in [-0.1, -0.05) is 26.0 Å². The first kappa shape index (κ1) is 21.1. The molecule has 0 aliphatic rings. The van der Waals surface area contributed by atoms with E-state index in [9.17, 15) is 9.18 Å². The third kappa shape index (κ3) is 6.47. The molecular formula is C21H27FN2O2S. The summed E-state index contributed by atoms with van der Waals surface area (Å²) in [5, 5.41) is 3.47. The van der Waals surface area contributed by atoms with Gasteiger partial charge in [0.1, 0.15) is 6.61 Å². The van der Waals surface area contributed by atoms with Crippen LogP contribution in [0.3, 0.4) is 0 Å². The molecule has 1 N–H and O–H groups in total. The minimum Gasteiger partial charge on any atom is -0.489 e. The molecule has 2 rings (SSSR count). The highest BCUT2D eigenvalue weighted by Gasteiger charge is 2.12. The molecule has 0 bridgehead atoms. The predicted molar refractivity (Wildman–Crippen MR) is 110 cm³/mol. The number of urea groups is 1. The summed E-state index contributed by atoms with van der Waals surface area (Å²) in [6, 6.07) is 12.1. The van der Waals surface area contributed by atoms with E-state index in [0.29, 0.717) is 11.8 Å². The van der Waals surface area contributed by atoms with E-state index in [1.165, 1.54) is 15.9 Å². The van der Waals surface area contributed by atoms with Gasteiger partial charge < -0.3 is 15.0 Å². The number of halogens is 1. The maximum absolute atomic E-state index is 13.5. The number of para-hydroxylation sites is 1. The summed E-state index contributed by atoms with van der Waals surface area (Å²) in [5.74, 6) is -0.216. The zero-order chi connectivity index (χ0) is 19.8. The van der Waals surface area contributed by atoms with Crippen LogP contribution in [0, 0.1) is 12.7 Å². The first-order valence-electron chi connectivity index (χ1n) is 9.07. The van der Waals surface area contributed by atoms with Gasteiger partial charge in [-0.3, -0.25) is 0 Å². The van der Waals surface area contributed by atoms with Crippen molar-refractivity contribution in [2.45, 2.75) is 37.3 Å². The second-order valence-corrected chi connectivity index (χ2v) is 7.96. The third-order valence-corrected chi connectivity index (χ3v) is 5.48. The standard InChI is InChI=1S/C21H27FN2O2S/c1-5-16(3)27-17-10-11-19(15(2)14-17)23-21(25)24(4)12-13-26-20-9-7-6-8-18(20)22/h6-11,14,16H,5,12-13H2,1-4H3,(H,23,25). The fourth-order valence-corrected chi connectivity index (χ4v) is 3.35. The number of nitrogens with one attached hydrogen (secondary N) is 1. The number of carbonyl (C=O) groups excluding carboxylic acids is 1. The highest BCUT2D eigenvalue weighted by Crippen LogP contribution is 2.28. The number of benzene rings is 2. The van der Waals surface area contributed by atoms with Gasteiger partial charge >= 0.3 is 6.03 Å². The Kier molecular flexibility index (Phi) is 7.98. The average molecular weight is 391 g/mol. The molecule has 1 atom stereocenters. The number of ether oxygens (including phenoxy) is 1. The van der Waals surface area contributed by atoms with E-state index < -0.39 is 5.82 Å². The van der Waals surface area contributed by atoms with Gasteiger partial charge in [0.2, 0.25) is 0 Å². The fourth-order valence-electron chi connectivity index (χ4n) is 2.33. The van der Waals surface area contributed by atoms with E-state index >= 15 is 0 Å². The normalized spacial score (nSPS) is 11.7. The van der Waals surface area contributed by atoms with Crippen molar-refractivity contribution in [3.8, 4) is 5.75 Å². The summed E-state index contributed by atoms with van der Waals surface area (Å²) >= 11 is 1.83. The third-order valence-electron chi connectivity index (χ3n) is 4.22. The van der Waals surface area contributed by atoms with Crippen molar-refractivity contribution in [2.24, 2.45) is 0 Å². The van der Waals surface area contributed by atoms with Gasteiger partial charge in [0.05, 0.1) is 6.54 Å². The van der Waals surface area contributed by atoms with Crippen molar-refractivity contribution in [1.82, 2.24) is 4.90 Å². The Labute approximate surface area is 165 Å². The molecule has 0 saturated heterocycles. The van der Waals surface area contributed by atoms with Crippen molar-refractivity contribution < 1.29 is 13.9 Å². The average Bonchev–Trinajstić information content (AvgIpc) is 2.65. The van der Waals surface area contributed by atoms with Crippen LogP contribution in [0.5, 0.6) is 5.75 Å². The largest absolute Gasteiger partial charge is 0.489 e. The number of aryl methyl sites for hydroxylation is 1. The van der Waals surface area contributed by atoms with Gasteiger partial charge in [-0.05, 0) is 49.2 Å². The summed E-state index contributed by atoms with van der Waals surface area (Å²) in [7, 11) is 1.68. The molecule has 146 valence electrons. The molecule has 0 heterocycles. The van der Waals surface area contributed by atoms with Crippen molar-refractivity contribution in [3.63, 3.8) is 0 Å². The van der Waals surface area contributed by atoms with Crippen molar-refractivity contribution in [2.75, 3.05) is 25.5 Å². The molecule has 2 amide bonds. The quantitative estimate of drug-likeness (QED) is 0.599. The minimum absolute atomic E-state index is 0.191. The monoisotopic (exact) mass is 390 g/mol. The molecule has 0 aromatic heterocycles. The molecule has 0 fully saturated rings. The van der Waals surface area contributed by atoms with Crippen LogP contribution in [0.1, 0.15) is 25.8 Å². The number of thioether (sulfide) groups is 1. The van der Waals surface area contributed by atoms with E-state index in [2.05, 4.69) is 25.2 Å². The Bertz CT molecular complexity index is 770. The number of carbonyl (C=O) groups is 1. The number of anilines is 1. The Morgan fingerprint density at radius 2 is 2.04 bits per heavy atom. The van der Waals surface area contributed by atoms with Crippen molar-refractivity contribution in [3.05, 3.63) is 53.8 Å². The SMILES string of the molecule is CCC(C)Sc1ccc(NC(=O)N(C)CCOc2ccccc2F)c(C)c1. The van der Waals surface area contributed by atoms with E-state index in [1.807, 2.05) is 30.8 Å². The molecule has 0 aliphatic heterocycles. The molecule has 0 spiro atoms. The Morgan fingerprint density at radius 1 is 1.30 bits per heavy atom. The van der Waals surface area contributed by atoms with Crippen LogP contribution in [-0.2, 0) is 0 Å². The number of rotatable bonds is 8. The summed E-state index contributed by atoms with van der Waals surface area (Å²) in [6.45, 7) is 6.92. The van der Waals surface area contributed by atoms with Crippen LogP contribution in [-0.4, -0.2) is 36.4 Å². The van der Waals surface area contributed by atoms with Gasteiger partial charge in [0.25, 0.3) is 0 Å². The second kappa shape index (κ2) is 10.2. The van der Waals surface area contributed by atoms with Gasteiger partial charge in [-0.2, -0.15) is 0 Å². The van der Waals surface area contributed by atoms with Crippen molar-refractivity contribution >= 4 is 23.5 Å². The molecule has 27 heavy (non-hydrogen) atoms. The molecule has 2 aromatic rings. The van der Waals surface area contributed by atoms with Crippen LogP contribution in [0.15, 0.2) is 47.4 Å². The summed E-state index contributed by atoms with van der Waals surface area (Å²) in [5.41, 5.74) is 1.81. The van der Waals surface area contributed by atoms with Gasteiger partial charge in [-0.25, -0.2) is 9.18 Å². The number of hydrogen-bond acceptors (Lipinski definition) is 3. The highest BCUT2D eigenvalue weighted by atomic mass is 32.2. The molecule has 0 saturated carbocycles. The lowest BCUT2D eigenvalue weighted by Gasteiger charge is -2.19.